The van der Waals surface area contributed by atoms with Crippen molar-refractivity contribution in [3.63, 3.8) is 0 Å². The third kappa shape index (κ3) is 5.96. The third-order valence-corrected chi connectivity index (χ3v) is 5.08. The van der Waals surface area contributed by atoms with Crippen LogP contribution in [0.15, 0.2) is 71.1 Å². The van der Waals surface area contributed by atoms with E-state index in [2.05, 4.69) is 10.4 Å². The van der Waals surface area contributed by atoms with E-state index >= 15 is 0 Å². The minimum atomic E-state index is -0.380. The molecule has 0 unspecified atom stereocenters. The van der Waals surface area contributed by atoms with Crippen LogP contribution in [0.3, 0.4) is 0 Å². The molecule has 0 aliphatic rings. The third-order valence-electron chi connectivity index (χ3n) is 4.85. The first kappa shape index (κ1) is 22.5. The number of anilines is 1. The van der Waals surface area contributed by atoms with E-state index in [1.807, 2.05) is 62.4 Å². The Kier molecular flexibility index (Phi) is 7.00. The average molecular weight is 466 g/mol. The van der Waals surface area contributed by atoms with Crippen molar-refractivity contribution < 1.29 is 18.7 Å². The molecular formula is C25H24ClN3O4. The van der Waals surface area contributed by atoms with Gasteiger partial charge in [0.05, 0.1) is 13.2 Å². The van der Waals surface area contributed by atoms with Gasteiger partial charge < -0.3 is 19.2 Å². The van der Waals surface area contributed by atoms with Gasteiger partial charge in [0.15, 0.2) is 11.6 Å². The van der Waals surface area contributed by atoms with Gasteiger partial charge in [-0.05, 0) is 67.9 Å². The number of hydrogen-bond donors (Lipinski definition) is 1. The summed E-state index contributed by atoms with van der Waals surface area (Å²) >= 11 is 6.06. The SMILES string of the molecule is CCOc1ccc(OCc2ccc(C(=O)Nc3cc(C)n(Cc4cccc(Cl)c4)n3)o2)cc1. The molecule has 4 aromatic rings. The number of amides is 1. The van der Waals surface area contributed by atoms with E-state index in [0.717, 1.165) is 17.0 Å². The van der Waals surface area contributed by atoms with E-state index in [1.165, 1.54) is 0 Å². The van der Waals surface area contributed by atoms with Crippen molar-refractivity contribution >= 4 is 23.3 Å². The van der Waals surface area contributed by atoms with Gasteiger partial charge in [0, 0.05) is 16.8 Å². The van der Waals surface area contributed by atoms with E-state index in [0.29, 0.717) is 35.5 Å². The minimum absolute atomic E-state index is 0.183. The van der Waals surface area contributed by atoms with Crippen LogP contribution in [0.4, 0.5) is 5.82 Å². The molecule has 170 valence electrons. The zero-order valence-electron chi connectivity index (χ0n) is 18.4. The lowest BCUT2D eigenvalue weighted by Crippen LogP contribution is -2.12. The van der Waals surface area contributed by atoms with Gasteiger partial charge in [-0.1, -0.05) is 23.7 Å². The molecule has 0 radical (unpaired) electrons. The number of aryl methyl sites for hydroxylation is 1. The second-order valence-electron chi connectivity index (χ2n) is 7.37. The van der Waals surface area contributed by atoms with Crippen molar-refractivity contribution in [3.05, 3.63) is 94.5 Å². The van der Waals surface area contributed by atoms with Crippen LogP contribution in [0.5, 0.6) is 11.5 Å². The number of ether oxygens (including phenoxy) is 2. The molecular weight excluding hydrogens is 442 g/mol. The lowest BCUT2D eigenvalue weighted by molar-refractivity contribution is 0.0992. The van der Waals surface area contributed by atoms with E-state index in [9.17, 15) is 4.79 Å². The molecule has 0 saturated heterocycles. The fourth-order valence-electron chi connectivity index (χ4n) is 3.25. The van der Waals surface area contributed by atoms with Crippen LogP contribution >= 0.6 is 11.6 Å². The number of carbonyl (C=O) groups excluding carboxylic acids is 1. The topological polar surface area (TPSA) is 78.5 Å². The summed E-state index contributed by atoms with van der Waals surface area (Å²) in [6.07, 6.45) is 0. The van der Waals surface area contributed by atoms with Crippen LogP contribution < -0.4 is 14.8 Å². The standard InChI is InChI=1S/C25H24ClN3O4/c1-3-31-20-7-9-21(10-8-20)32-16-22-11-12-23(33-22)25(30)27-24-13-17(2)29(28-24)15-18-5-4-6-19(26)14-18/h4-14H,3,15-16H2,1-2H3,(H,27,28,30). The number of aromatic nitrogens is 2. The highest BCUT2D eigenvalue weighted by atomic mass is 35.5. The van der Waals surface area contributed by atoms with Crippen molar-refractivity contribution in [2.45, 2.75) is 27.0 Å². The largest absolute Gasteiger partial charge is 0.494 e. The first-order valence-corrected chi connectivity index (χ1v) is 10.9. The van der Waals surface area contributed by atoms with Gasteiger partial charge in [-0.15, -0.1) is 0 Å². The molecule has 2 aromatic heterocycles. The number of benzene rings is 2. The Labute approximate surface area is 196 Å². The number of nitrogens with one attached hydrogen (secondary N) is 1. The molecule has 0 bridgehead atoms. The second-order valence-corrected chi connectivity index (χ2v) is 7.81. The number of furan rings is 1. The lowest BCUT2D eigenvalue weighted by atomic mass is 10.2. The summed E-state index contributed by atoms with van der Waals surface area (Å²) in [5, 5.41) is 7.92. The molecule has 2 aromatic carbocycles. The van der Waals surface area contributed by atoms with Crippen LogP contribution in [0.2, 0.25) is 5.02 Å². The summed E-state index contributed by atoms with van der Waals surface area (Å²) in [7, 11) is 0. The minimum Gasteiger partial charge on any atom is -0.494 e. The maximum atomic E-state index is 12.6. The van der Waals surface area contributed by atoms with E-state index in [4.69, 9.17) is 25.5 Å². The van der Waals surface area contributed by atoms with Gasteiger partial charge in [-0.25, -0.2) is 0 Å². The number of halogens is 1. The summed E-state index contributed by atoms with van der Waals surface area (Å²) in [6.45, 7) is 5.23. The van der Waals surface area contributed by atoms with Crippen LogP contribution in [0, 0.1) is 6.92 Å². The highest BCUT2D eigenvalue weighted by Crippen LogP contribution is 2.20. The Morgan fingerprint density at radius 1 is 1.06 bits per heavy atom. The molecule has 4 rings (SSSR count). The predicted molar refractivity (Wildman–Crippen MR) is 126 cm³/mol. The normalized spacial score (nSPS) is 10.8. The fourth-order valence-corrected chi connectivity index (χ4v) is 3.46. The first-order chi connectivity index (χ1) is 16.0. The Bertz CT molecular complexity index is 1230. The molecule has 0 fully saturated rings. The molecule has 8 heteroatoms. The maximum absolute atomic E-state index is 12.6. The van der Waals surface area contributed by atoms with Gasteiger partial charge in [0.2, 0.25) is 0 Å². The molecule has 0 spiro atoms. The van der Waals surface area contributed by atoms with Crippen LogP contribution in [0.25, 0.3) is 0 Å². The molecule has 33 heavy (non-hydrogen) atoms. The molecule has 1 amide bonds. The van der Waals surface area contributed by atoms with E-state index < -0.39 is 0 Å². The molecule has 0 aliphatic heterocycles. The van der Waals surface area contributed by atoms with Gasteiger partial charge >= 0.3 is 0 Å². The first-order valence-electron chi connectivity index (χ1n) is 10.5. The summed E-state index contributed by atoms with van der Waals surface area (Å²) in [5.74, 6) is 2.26. The average Bonchev–Trinajstić information content (AvgIpc) is 3.40. The highest BCUT2D eigenvalue weighted by molar-refractivity contribution is 6.30. The Morgan fingerprint density at radius 2 is 1.82 bits per heavy atom. The second kappa shape index (κ2) is 10.3. The maximum Gasteiger partial charge on any atom is 0.292 e. The summed E-state index contributed by atoms with van der Waals surface area (Å²) in [5.41, 5.74) is 1.93. The zero-order valence-corrected chi connectivity index (χ0v) is 19.1. The van der Waals surface area contributed by atoms with Crippen LogP contribution in [0.1, 0.15) is 34.5 Å². The molecule has 0 aliphatic carbocycles. The zero-order chi connectivity index (χ0) is 23.2. The van der Waals surface area contributed by atoms with Crippen LogP contribution in [-0.2, 0) is 13.2 Å². The summed E-state index contributed by atoms with van der Waals surface area (Å²) < 4.78 is 18.6. The molecule has 0 saturated carbocycles. The smallest absolute Gasteiger partial charge is 0.292 e. The number of rotatable bonds is 9. The fraction of sp³-hybridized carbons (Fsp3) is 0.200. The Balaban J connectivity index is 1.34. The van der Waals surface area contributed by atoms with Crippen molar-refractivity contribution in [3.8, 4) is 11.5 Å². The monoisotopic (exact) mass is 465 g/mol. The van der Waals surface area contributed by atoms with Gasteiger partial charge in [0.25, 0.3) is 5.91 Å². The van der Waals surface area contributed by atoms with E-state index in [1.54, 1.807) is 22.9 Å². The van der Waals surface area contributed by atoms with Crippen molar-refractivity contribution in [1.29, 1.82) is 0 Å². The predicted octanol–water partition coefficient (Wildman–Crippen LogP) is 5.72. The van der Waals surface area contributed by atoms with Crippen molar-refractivity contribution in [1.82, 2.24) is 9.78 Å². The van der Waals surface area contributed by atoms with Gasteiger partial charge in [-0.2, -0.15) is 5.10 Å². The van der Waals surface area contributed by atoms with Crippen molar-refractivity contribution in [2.24, 2.45) is 0 Å². The lowest BCUT2D eigenvalue weighted by Gasteiger charge is -2.06. The van der Waals surface area contributed by atoms with Crippen LogP contribution in [-0.4, -0.2) is 22.3 Å². The summed E-state index contributed by atoms with van der Waals surface area (Å²) in [4.78, 5) is 12.6. The molecule has 2 heterocycles. The molecule has 7 nitrogen and oxygen atoms in total. The molecule has 1 N–H and O–H groups in total. The Hall–Kier alpha value is -3.71. The number of nitrogens with zero attached hydrogens (tertiary/aromatic N) is 2. The highest BCUT2D eigenvalue weighted by Gasteiger charge is 2.14. The summed E-state index contributed by atoms with van der Waals surface area (Å²) in [6, 6.07) is 20.1. The quantitative estimate of drug-likeness (QED) is 0.342. The van der Waals surface area contributed by atoms with Crippen molar-refractivity contribution in [2.75, 3.05) is 11.9 Å². The van der Waals surface area contributed by atoms with E-state index in [-0.39, 0.29) is 18.3 Å². The molecule has 0 atom stereocenters. The Morgan fingerprint density at radius 3 is 2.55 bits per heavy atom. The van der Waals surface area contributed by atoms with Gasteiger partial charge in [-0.3, -0.25) is 9.48 Å². The van der Waals surface area contributed by atoms with Gasteiger partial charge in [0.1, 0.15) is 23.9 Å². The number of carbonyl (C=O) groups is 1. The number of hydrogen-bond acceptors (Lipinski definition) is 5.